The Morgan fingerprint density at radius 3 is 2.79 bits per heavy atom. The van der Waals surface area contributed by atoms with E-state index in [4.69, 9.17) is 11.6 Å². The number of benzene rings is 1. The number of carbonyl (C=O) groups is 1. The van der Waals surface area contributed by atoms with Crippen molar-refractivity contribution in [2.45, 2.75) is 25.8 Å². The van der Waals surface area contributed by atoms with Crippen LogP contribution in [0.2, 0.25) is 5.02 Å². The molecule has 1 saturated heterocycles. The number of fused-ring (bicyclic) bond motifs is 1. The maximum absolute atomic E-state index is 11.8. The second-order valence-electron chi connectivity index (χ2n) is 6.99. The molecule has 0 spiro atoms. The van der Waals surface area contributed by atoms with Crippen molar-refractivity contribution < 1.29 is 9.90 Å². The van der Waals surface area contributed by atoms with Gasteiger partial charge in [0.1, 0.15) is 0 Å². The predicted molar refractivity (Wildman–Crippen MR) is 97.5 cm³/mol. The first-order valence-corrected chi connectivity index (χ1v) is 9.57. The summed E-state index contributed by atoms with van der Waals surface area (Å²) in [6.45, 7) is 2.46. The van der Waals surface area contributed by atoms with E-state index in [0.717, 1.165) is 37.4 Å². The maximum atomic E-state index is 11.8. The van der Waals surface area contributed by atoms with Gasteiger partial charge in [-0.05, 0) is 48.6 Å². The van der Waals surface area contributed by atoms with E-state index in [-0.39, 0.29) is 0 Å². The van der Waals surface area contributed by atoms with E-state index in [9.17, 15) is 9.90 Å². The topological polar surface area (TPSA) is 40.5 Å². The average molecular weight is 362 g/mol. The van der Waals surface area contributed by atoms with Crippen LogP contribution in [-0.2, 0) is 11.3 Å². The molecule has 1 aliphatic carbocycles. The van der Waals surface area contributed by atoms with Crippen molar-refractivity contribution in [2.75, 3.05) is 13.1 Å². The summed E-state index contributed by atoms with van der Waals surface area (Å²) in [6.07, 6.45) is 2.96. The van der Waals surface area contributed by atoms with Gasteiger partial charge in [0.2, 0.25) is 0 Å². The molecule has 1 N–H and O–H groups in total. The number of likely N-dealkylation sites (tertiary alicyclic amines) is 1. The van der Waals surface area contributed by atoms with Crippen molar-refractivity contribution >= 4 is 28.9 Å². The molecule has 2 atom stereocenters. The Balaban J connectivity index is 1.47. The van der Waals surface area contributed by atoms with Gasteiger partial charge in [0.05, 0.1) is 5.41 Å². The Morgan fingerprint density at radius 1 is 1.29 bits per heavy atom. The molecule has 1 aromatic heterocycles. The third-order valence-corrected chi connectivity index (χ3v) is 6.91. The van der Waals surface area contributed by atoms with Crippen LogP contribution in [0.15, 0.2) is 36.4 Å². The molecule has 5 heteroatoms. The van der Waals surface area contributed by atoms with Crippen molar-refractivity contribution in [1.82, 2.24) is 4.90 Å². The van der Waals surface area contributed by atoms with E-state index < -0.39 is 11.4 Å². The molecule has 2 aliphatic rings. The van der Waals surface area contributed by atoms with Crippen LogP contribution in [0.25, 0.3) is 10.4 Å². The molecule has 2 aromatic rings. The van der Waals surface area contributed by atoms with Gasteiger partial charge < -0.3 is 5.11 Å². The Hall–Kier alpha value is -1.36. The first-order valence-electron chi connectivity index (χ1n) is 8.37. The lowest BCUT2D eigenvalue weighted by atomic mass is 9.81. The van der Waals surface area contributed by atoms with E-state index in [1.807, 2.05) is 24.3 Å². The van der Waals surface area contributed by atoms with E-state index in [2.05, 4.69) is 17.0 Å². The van der Waals surface area contributed by atoms with Crippen molar-refractivity contribution in [2.24, 2.45) is 11.3 Å². The van der Waals surface area contributed by atoms with Gasteiger partial charge in [0.25, 0.3) is 0 Å². The highest BCUT2D eigenvalue weighted by molar-refractivity contribution is 7.15. The molecule has 4 rings (SSSR count). The van der Waals surface area contributed by atoms with Crippen molar-refractivity contribution in [3.05, 3.63) is 46.3 Å². The fourth-order valence-electron chi connectivity index (χ4n) is 4.32. The molecule has 1 aliphatic heterocycles. The zero-order valence-electron chi connectivity index (χ0n) is 13.4. The Labute approximate surface area is 150 Å². The van der Waals surface area contributed by atoms with Gasteiger partial charge in [-0.1, -0.05) is 30.2 Å². The van der Waals surface area contributed by atoms with Gasteiger partial charge in [-0.2, -0.15) is 0 Å². The Bertz CT molecular complexity index is 757. The Morgan fingerprint density at radius 2 is 2.08 bits per heavy atom. The average Bonchev–Trinajstić information content (AvgIpc) is 3.22. The van der Waals surface area contributed by atoms with E-state index in [1.54, 1.807) is 11.3 Å². The minimum absolute atomic E-state index is 0.325. The van der Waals surface area contributed by atoms with Crippen LogP contribution in [0.3, 0.4) is 0 Å². The quantitative estimate of drug-likeness (QED) is 0.853. The van der Waals surface area contributed by atoms with Gasteiger partial charge in [0, 0.05) is 34.4 Å². The van der Waals surface area contributed by atoms with Gasteiger partial charge in [-0.3, -0.25) is 9.69 Å². The summed E-state index contributed by atoms with van der Waals surface area (Å²) in [5.41, 5.74) is 0.687. The molecule has 0 amide bonds. The van der Waals surface area contributed by atoms with Crippen LogP contribution in [0.1, 0.15) is 24.1 Å². The number of aliphatic carboxylic acids is 1. The number of carboxylic acid groups (broad SMARTS) is 1. The number of rotatable bonds is 4. The van der Waals surface area contributed by atoms with Crippen molar-refractivity contribution in [1.29, 1.82) is 0 Å². The molecule has 126 valence electrons. The number of halogens is 1. The molecule has 0 bridgehead atoms. The summed E-state index contributed by atoms with van der Waals surface area (Å²) >= 11 is 7.73. The lowest BCUT2D eigenvalue weighted by Crippen LogP contribution is -2.35. The minimum atomic E-state index is -0.597. The van der Waals surface area contributed by atoms with Gasteiger partial charge in [0.15, 0.2) is 0 Å². The molecule has 24 heavy (non-hydrogen) atoms. The molecule has 3 nitrogen and oxygen atoms in total. The first kappa shape index (κ1) is 16.1. The highest BCUT2D eigenvalue weighted by Gasteiger charge is 2.54. The highest BCUT2D eigenvalue weighted by Crippen LogP contribution is 2.49. The fourth-order valence-corrected chi connectivity index (χ4v) is 5.50. The number of nitrogens with zero attached hydrogens (tertiary/aromatic N) is 1. The lowest BCUT2D eigenvalue weighted by molar-refractivity contribution is -0.149. The largest absolute Gasteiger partial charge is 0.481 e. The van der Waals surface area contributed by atoms with E-state index in [1.165, 1.54) is 15.3 Å². The molecular weight excluding hydrogens is 342 g/mol. The first-order chi connectivity index (χ1) is 11.6. The van der Waals surface area contributed by atoms with Crippen LogP contribution in [0.4, 0.5) is 0 Å². The summed E-state index contributed by atoms with van der Waals surface area (Å²) in [6, 6.07) is 12.2. The molecule has 0 radical (unpaired) electrons. The second kappa shape index (κ2) is 6.17. The number of hydrogen-bond donors (Lipinski definition) is 1. The second-order valence-corrected chi connectivity index (χ2v) is 8.60. The molecule has 0 unspecified atom stereocenters. The number of hydrogen-bond acceptors (Lipinski definition) is 3. The van der Waals surface area contributed by atoms with Gasteiger partial charge >= 0.3 is 5.97 Å². The third-order valence-electron chi connectivity index (χ3n) is 5.54. The number of thiophene rings is 1. The van der Waals surface area contributed by atoms with E-state index >= 15 is 0 Å². The van der Waals surface area contributed by atoms with Crippen LogP contribution >= 0.6 is 22.9 Å². The van der Waals surface area contributed by atoms with Crippen LogP contribution in [0, 0.1) is 11.3 Å². The molecular formula is C19H20ClNO2S. The minimum Gasteiger partial charge on any atom is -0.481 e. The molecule has 2 heterocycles. The molecule has 1 saturated carbocycles. The normalized spacial score (nSPS) is 26.6. The Kier molecular flexibility index (Phi) is 4.15. The van der Waals surface area contributed by atoms with Crippen molar-refractivity contribution in [3.63, 3.8) is 0 Å². The van der Waals surface area contributed by atoms with Gasteiger partial charge in [-0.15, -0.1) is 11.3 Å². The molecule has 1 aromatic carbocycles. The number of carboxylic acids is 1. The zero-order chi connectivity index (χ0) is 16.7. The predicted octanol–water partition coefficient (Wildman–Crippen LogP) is 4.76. The third kappa shape index (κ3) is 2.77. The lowest BCUT2D eigenvalue weighted by Gasteiger charge is -2.23. The molecule has 2 fully saturated rings. The van der Waals surface area contributed by atoms with Crippen LogP contribution in [0.5, 0.6) is 0 Å². The monoisotopic (exact) mass is 361 g/mol. The summed E-state index contributed by atoms with van der Waals surface area (Å²) in [7, 11) is 0. The highest BCUT2D eigenvalue weighted by atomic mass is 35.5. The standard InChI is InChI=1S/C19H20ClNO2S/c20-15-5-3-13(4-6-15)17-8-7-16(24-17)11-21-10-14-2-1-9-19(14,12-21)18(22)23/h3-8,14H,1-2,9-12H2,(H,22,23)/t14-,19+/m0/s1. The summed E-state index contributed by atoms with van der Waals surface area (Å²) in [5.74, 6) is -0.272. The summed E-state index contributed by atoms with van der Waals surface area (Å²) in [5, 5.41) is 10.4. The van der Waals surface area contributed by atoms with E-state index in [0.29, 0.717) is 12.5 Å². The van der Waals surface area contributed by atoms with Crippen LogP contribution in [-0.4, -0.2) is 29.1 Å². The smallest absolute Gasteiger partial charge is 0.311 e. The fraction of sp³-hybridized carbons (Fsp3) is 0.421. The van der Waals surface area contributed by atoms with Gasteiger partial charge in [-0.25, -0.2) is 0 Å². The SMILES string of the molecule is O=C(O)[C@@]12CCC[C@H]1CN(Cc1ccc(-c3ccc(Cl)cc3)s1)C2. The van der Waals surface area contributed by atoms with Crippen molar-refractivity contribution in [3.8, 4) is 10.4 Å². The maximum Gasteiger partial charge on any atom is 0.311 e. The van der Waals surface area contributed by atoms with Crippen LogP contribution < -0.4 is 0 Å². The summed E-state index contributed by atoms with van der Waals surface area (Å²) in [4.78, 5) is 16.6. The zero-order valence-corrected chi connectivity index (χ0v) is 14.9. The summed E-state index contributed by atoms with van der Waals surface area (Å²) < 4.78 is 0.